The summed E-state index contributed by atoms with van der Waals surface area (Å²) in [6.07, 6.45) is 1.57. The molecule has 0 unspecified atom stereocenters. The Bertz CT molecular complexity index is 754. The summed E-state index contributed by atoms with van der Waals surface area (Å²) in [6.45, 7) is 5.15. The van der Waals surface area contributed by atoms with Gasteiger partial charge in [0.15, 0.2) is 0 Å². The second kappa shape index (κ2) is 6.66. The molecule has 1 aliphatic rings. The highest BCUT2D eigenvalue weighted by Gasteiger charge is 2.38. The number of aliphatic carboxylic acids is 1. The van der Waals surface area contributed by atoms with Crippen LogP contribution in [0.4, 0.5) is 0 Å². The standard InChI is InChI=1S/C18H22N2O5/c1-5-6-9-20-15(22)12-8-7-11(10-13(12)16(20)23)14(21)19(4)18(2,3)17(24)25/h7-8,10H,5-6,9H2,1-4H3,(H,24,25). The van der Waals surface area contributed by atoms with Crippen LogP contribution in [0.15, 0.2) is 18.2 Å². The van der Waals surface area contributed by atoms with E-state index in [4.69, 9.17) is 0 Å². The molecule has 7 nitrogen and oxygen atoms in total. The third-order valence-electron chi connectivity index (χ3n) is 4.62. The first-order chi connectivity index (χ1) is 11.6. The molecule has 25 heavy (non-hydrogen) atoms. The normalized spacial score (nSPS) is 13.8. The highest BCUT2D eigenvalue weighted by Crippen LogP contribution is 2.26. The van der Waals surface area contributed by atoms with Crippen LogP contribution < -0.4 is 0 Å². The number of rotatable bonds is 6. The molecule has 1 N–H and O–H groups in total. The van der Waals surface area contributed by atoms with Crippen LogP contribution >= 0.6 is 0 Å². The number of amides is 3. The number of carbonyl (C=O) groups is 4. The minimum Gasteiger partial charge on any atom is -0.480 e. The molecule has 0 fully saturated rings. The lowest BCUT2D eigenvalue weighted by atomic mass is 10.0. The predicted octanol–water partition coefficient (Wildman–Crippen LogP) is 2.02. The molecule has 1 heterocycles. The summed E-state index contributed by atoms with van der Waals surface area (Å²) in [6, 6.07) is 4.28. The van der Waals surface area contributed by atoms with Crippen molar-refractivity contribution in [1.29, 1.82) is 0 Å². The number of hydrogen-bond acceptors (Lipinski definition) is 4. The summed E-state index contributed by atoms with van der Waals surface area (Å²) in [5.41, 5.74) is -0.761. The molecular formula is C18H22N2O5. The quantitative estimate of drug-likeness (QED) is 0.795. The zero-order chi connectivity index (χ0) is 18.9. The van der Waals surface area contributed by atoms with E-state index in [1.165, 1.54) is 44.0 Å². The summed E-state index contributed by atoms with van der Waals surface area (Å²) in [5.74, 6) is -2.43. The monoisotopic (exact) mass is 346 g/mol. The molecule has 0 aromatic heterocycles. The average Bonchev–Trinajstić information content (AvgIpc) is 2.82. The lowest BCUT2D eigenvalue weighted by Crippen LogP contribution is -2.50. The van der Waals surface area contributed by atoms with Crippen LogP contribution in [0.2, 0.25) is 0 Å². The van der Waals surface area contributed by atoms with Crippen LogP contribution in [-0.4, -0.2) is 57.7 Å². The van der Waals surface area contributed by atoms with Crippen LogP contribution in [0.1, 0.15) is 64.7 Å². The Morgan fingerprint density at radius 2 is 1.76 bits per heavy atom. The lowest BCUT2D eigenvalue weighted by molar-refractivity contribution is -0.147. The predicted molar refractivity (Wildman–Crippen MR) is 90.5 cm³/mol. The van der Waals surface area contributed by atoms with Crippen LogP contribution in [-0.2, 0) is 4.79 Å². The largest absolute Gasteiger partial charge is 0.480 e. The first kappa shape index (κ1) is 18.6. The van der Waals surface area contributed by atoms with Gasteiger partial charge >= 0.3 is 5.97 Å². The number of fused-ring (bicyclic) bond motifs is 1. The second-order valence-corrected chi connectivity index (χ2v) is 6.60. The molecule has 1 aromatic rings. The number of carboxylic acids is 1. The smallest absolute Gasteiger partial charge is 0.329 e. The van der Waals surface area contributed by atoms with Gasteiger partial charge in [-0.2, -0.15) is 0 Å². The maximum absolute atomic E-state index is 12.6. The van der Waals surface area contributed by atoms with Crippen molar-refractivity contribution in [2.45, 2.75) is 39.2 Å². The minimum absolute atomic E-state index is 0.175. The molecule has 134 valence electrons. The van der Waals surface area contributed by atoms with Crippen LogP contribution in [0.3, 0.4) is 0 Å². The van der Waals surface area contributed by atoms with Crippen LogP contribution in [0.5, 0.6) is 0 Å². The van der Waals surface area contributed by atoms with Crippen molar-refractivity contribution in [1.82, 2.24) is 9.80 Å². The summed E-state index contributed by atoms with van der Waals surface area (Å²) in [5, 5.41) is 9.26. The molecule has 7 heteroatoms. The van der Waals surface area contributed by atoms with Crippen molar-refractivity contribution < 1.29 is 24.3 Å². The van der Waals surface area contributed by atoms with Crippen molar-refractivity contribution in [2.75, 3.05) is 13.6 Å². The molecule has 0 radical (unpaired) electrons. The van der Waals surface area contributed by atoms with Crippen molar-refractivity contribution in [3.63, 3.8) is 0 Å². The summed E-state index contributed by atoms with van der Waals surface area (Å²) in [7, 11) is 1.39. The van der Waals surface area contributed by atoms with Gasteiger partial charge in [-0.15, -0.1) is 0 Å². The number of benzene rings is 1. The average molecular weight is 346 g/mol. The SMILES string of the molecule is CCCCN1C(=O)c2ccc(C(=O)N(C)C(C)(C)C(=O)O)cc2C1=O. The number of likely N-dealkylation sites (N-methyl/N-ethyl adjacent to an activating group) is 1. The van der Waals surface area contributed by atoms with E-state index in [0.717, 1.165) is 11.3 Å². The van der Waals surface area contributed by atoms with Crippen LogP contribution in [0, 0.1) is 0 Å². The molecule has 3 amide bonds. The van der Waals surface area contributed by atoms with Gasteiger partial charge in [-0.1, -0.05) is 13.3 Å². The molecule has 0 aliphatic carbocycles. The van der Waals surface area contributed by atoms with E-state index >= 15 is 0 Å². The Balaban J connectivity index is 2.33. The van der Waals surface area contributed by atoms with Gasteiger partial charge in [-0.05, 0) is 38.5 Å². The lowest BCUT2D eigenvalue weighted by Gasteiger charge is -2.31. The molecule has 0 saturated heterocycles. The summed E-state index contributed by atoms with van der Waals surface area (Å²) < 4.78 is 0. The number of carboxylic acid groups (broad SMARTS) is 1. The maximum Gasteiger partial charge on any atom is 0.329 e. The fourth-order valence-electron chi connectivity index (χ4n) is 2.53. The maximum atomic E-state index is 12.6. The van der Waals surface area contributed by atoms with Gasteiger partial charge in [0.1, 0.15) is 5.54 Å². The third-order valence-corrected chi connectivity index (χ3v) is 4.62. The van der Waals surface area contributed by atoms with E-state index in [9.17, 15) is 24.3 Å². The molecule has 1 aliphatic heterocycles. The van der Waals surface area contributed by atoms with Crippen molar-refractivity contribution in [3.8, 4) is 0 Å². The van der Waals surface area contributed by atoms with Gasteiger partial charge < -0.3 is 10.0 Å². The van der Waals surface area contributed by atoms with Gasteiger partial charge in [0.2, 0.25) is 0 Å². The van der Waals surface area contributed by atoms with Gasteiger partial charge in [0.05, 0.1) is 11.1 Å². The highest BCUT2D eigenvalue weighted by atomic mass is 16.4. The highest BCUT2D eigenvalue weighted by molar-refractivity contribution is 6.22. The van der Waals surface area contributed by atoms with Crippen molar-refractivity contribution in [3.05, 3.63) is 34.9 Å². The Kier molecular flexibility index (Phi) is 4.97. The zero-order valence-electron chi connectivity index (χ0n) is 14.8. The molecule has 0 spiro atoms. The third kappa shape index (κ3) is 3.14. The fraction of sp³-hybridized carbons (Fsp3) is 0.444. The van der Waals surface area contributed by atoms with Crippen LogP contribution in [0.25, 0.3) is 0 Å². The van der Waals surface area contributed by atoms with Gasteiger partial charge in [-0.3, -0.25) is 19.3 Å². The molecule has 0 saturated carbocycles. The first-order valence-electron chi connectivity index (χ1n) is 8.14. The molecule has 0 atom stereocenters. The van der Waals surface area contributed by atoms with Gasteiger partial charge in [0, 0.05) is 19.2 Å². The molecule has 0 bridgehead atoms. The number of nitrogens with zero attached hydrogens (tertiary/aromatic N) is 2. The summed E-state index contributed by atoms with van der Waals surface area (Å²) in [4.78, 5) is 51.0. The molecule has 2 rings (SSSR count). The first-order valence-corrected chi connectivity index (χ1v) is 8.14. The minimum atomic E-state index is -1.40. The van der Waals surface area contributed by atoms with E-state index in [2.05, 4.69) is 0 Å². The fourth-order valence-corrected chi connectivity index (χ4v) is 2.53. The Morgan fingerprint density at radius 1 is 1.16 bits per heavy atom. The van der Waals surface area contributed by atoms with E-state index < -0.39 is 23.3 Å². The van der Waals surface area contributed by atoms with E-state index in [1.807, 2.05) is 6.92 Å². The van der Waals surface area contributed by atoms with Crippen molar-refractivity contribution >= 4 is 23.7 Å². The molecule has 1 aromatic carbocycles. The van der Waals surface area contributed by atoms with Gasteiger partial charge in [0.25, 0.3) is 17.7 Å². The number of imide groups is 1. The number of carbonyl (C=O) groups excluding carboxylic acids is 3. The summed E-state index contributed by atoms with van der Waals surface area (Å²) >= 11 is 0. The number of unbranched alkanes of at least 4 members (excludes halogenated alkanes) is 1. The number of hydrogen-bond donors (Lipinski definition) is 1. The van der Waals surface area contributed by atoms with E-state index in [-0.39, 0.29) is 22.6 Å². The zero-order valence-corrected chi connectivity index (χ0v) is 14.8. The Labute approximate surface area is 146 Å². The van der Waals surface area contributed by atoms with E-state index in [1.54, 1.807) is 0 Å². The van der Waals surface area contributed by atoms with E-state index in [0.29, 0.717) is 13.0 Å². The molecular weight excluding hydrogens is 324 g/mol. The second-order valence-electron chi connectivity index (χ2n) is 6.60. The van der Waals surface area contributed by atoms with Gasteiger partial charge in [-0.25, -0.2) is 4.79 Å². The Morgan fingerprint density at radius 3 is 2.32 bits per heavy atom. The topological polar surface area (TPSA) is 95.0 Å². The van der Waals surface area contributed by atoms with Crippen molar-refractivity contribution in [2.24, 2.45) is 0 Å². The Hall–Kier alpha value is -2.70.